The van der Waals surface area contributed by atoms with Crippen molar-refractivity contribution < 1.29 is 5.11 Å². The van der Waals surface area contributed by atoms with E-state index in [4.69, 9.17) is 0 Å². The van der Waals surface area contributed by atoms with Crippen LogP contribution in [0.5, 0.6) is 0 Å². The topological polar surface area (TPSA) is 44.5 Å². The molecular formula is C19H28N4O. The number of nitrogens with zero attached hydrogens (tertiary/aromatic N) is 4. The number of hydrogen-bond acceptors (Lipinski definition) is 4. The summed E-state index contributed by atoms with van der Waals surface area (Å²) in [6, 6.07) is 6.25. The Bertz CT molecular complexity index is 674. The first-order valence-corrected chi connectivity index (χ1v) is 8.69. The van der Waals surface area contributed by atoms with Gasteiger partial charge >= 0.3 is 0 Å². The van der Waals surface area contributed by atoms with Crippen molar-refractivity contribution in [3.8, 4) is 0 Å². The third-order valence-electron chi connectivity index (χ3n) is 4.98. The van der Waals surface area contributed by atoms with Crippen molar-refractivity contribution >= 4 is 0 Å². The maximum Gasteiger partial charge on any atom is 0.0917 e. The van der Waals surface area contributed by atoms with E-state index < -0.39 is 6.10 Å². The minimum absolute atomic E-state index is 0.408. The Balaban J connectivity index is 1.48. The van der Waals surface area contributed by atoms with Crippen molar-refractivity contribution in [2.75, 3.05) is 32.7 Å². The average Bonchev–Trinajstić information content (AvgIpc) is 2.97. The van der Waals surface area contributed by atoms with E-state index in [1.807, 2.05) is 24.0 Å². The lowest BCUT2D eigenvalue weighted by molar-refractivity contribution is 0.0701. The Kier molecular flexibility index (Phi) is 5.33. The smallest absolute Gasteiger partial charge is 0.0917 e. The lowest BCUT2D eigenvalue weighted by Gasteiger charge is -2.35. The van der Waals surface area contributed by atoms with E-state index in [1.54, 1.807) is 0 Å². The third-order valence-corrected chi connectivity index (χ3v) is 4.98. The van der Waals surface area contributed by atoms with Crippen molar-refractivity contribution in [2.24, 2.45) is 7.05 Å². The van der Waals surface area contributed by atoms with Crippen LogP contribution in [0, 0.1) is 13.8 Å². The molecule has 3 rings (SSSR count). The van der Waals surface area contributed by atoms with Gasteiger partial charge in [-0.1, -0.05) is 18.2 Å². The second kappa shape index (κ2) is 7.47. The molecule has 1 aromatic carbocycles. The van der Waals surface area contributed by atoms with Gasteiger partial charge in [-0.05, 0) is 30.5 Å². The van der Waals surface area contributed by atoms with Crippen LogP contribution < -0.4 is 0 Å². The van der Waals surface area contributed by atoms with Gasteiger partial charge in [-0.25, -0.2) is 0 Å². The maximum absolute atomic E-state index is 10.5. The van der Waals surface area contributed by atoms with Crippen molar-refractivity contribution in [3.05, 3.63) is 52.8 Å². The van der Waals surface area contributed by atoms with Gasteiger partial charge < -0.3 is 5.11 Å². The summed E-state index contributed by atoms with van der Waals surface area (Å²) in [5.41, 5.74) is 4.81. The molecule has 2 aromatic rings. The van der Waals surface area contributed by atoms with E-state index in [0.717, 1.165) is 38.3 Å². The Hall–Kier alpha value is -1.69. The summed E-state index contributed by atoms with van der Waals surface area (Å²) in [6.45, 7) is 9.95. The molecule has 0 bridgehead atoms. The highest BCUT2D eigenvalue weighted by molar-refractivity contribution is 5.31. The minimum Gasteiger partial charge on any atom is -0.387 e. The number of rotatable bonds is 5. The molecule has 0 radical (unpaired) electrons. The molecule has 1 aromatic heterocycles. The number of hydrogen-bond donors (Lipinski definition) is 1. The molecule has 1 fully saturated rings. The predicted octanol–water partition coefficient (Wildman–Crippen LogP) is 1.89. The molecule has 0 unspecified atom stereocenters. The Labute approximate surface area is 144 Å². The van der Waals surface area contributed by atoms with Gasteiger partial charge in [0, 0.05) is 58.1 Å². The van der Waals surface area contributed by atoms with Crippen LogP contribution in [0.2, 0.25) is 0 Å². The molecule has 1 aliphatic heterocycles. The summed E-state index contributed by atoms with van der Waals surface area (Å²) in [5.74, 6) is 0. The van der Waals surface area contributed by atoms with E-state index in [0.29, 0.717) is 6.54 Å². The number of β-amino-alcohol motifs (C(OH)–C–C–N with tert-alkyl or cyclic N) is 1. The van der Waals surface area contributed by atoms with Crippen LogP contribution >= 0.6 is 0 Å². The summed E-state index contributed by atoms with van der Waals surface area (Å²) in [7, 11) is 1.95. The molecule has 5 nitrogen and oxygen atoms in total. The standard InChI is InChI=1S/C19H28N4O/c1-15-4-5-18(10-16(15)2)19(24)14-23-8-6-22(7-9-23)13-17-11-20-21(3)12-17/h4-5,10-12,19,24H,6-9,13-14H2,1-3H3/t19-/m1/s1. The zero-order valence-corrected chi connectivity index (χ0v) is 14.9. The van der Waals surface area contributed by atoms with Crippen LogP contribution in [0.1, 0.15) is 28.4 Å². The number of aryl methyl sites for hydroxylation is 3. The van der Waals surface area contributed by atoms with Crippen LogP contribution in [0.4, 0.5) is 0 Å². The number of aliphatic hydroxyl groups excluding tert-OH is 1. The Morgan fingerprint density at radius 2 is 1.79 bits per heavy atom. The number of piperazine rings is 1. The highest BCUT2D eigenvalue weighted by Crippen LogP contribution is 2.19. The summed E-state index contributed by atoms with van der Waals surface area (Å²) < 4.78 is 1.85. The summed E-state index contributed by atoms with van der Waals surface area (Å²) >= 11 is 0. The molecule has 0 spiro atoms. The molecule has 0 saturated carbocycles. The van der Waals surface area contributed by atoms with Crippen LogP contribution in [0.3, 0.4) is 0 Å². The van der Waals surface area contributed by atoms with Crippen LogP contribution in [0.15, 0.2) is 30.6 Å². The van der Waals surface area contributed by atoms with Gasteiger partial charge in [-0.2, -0.15) is 5.10 Å². The van der Waals surface area contributed by atoms with Gasteiger partial charge in [0.1, 0.15) is 0 Å². The highest BCUT2D eigenvalue weighted by Gasteiger charge is 2.20. The normalized spacial score (nSPS) is 18.0. The van der Waals surface area contributed by atoms with Crippen molar-refractivity contribution in [1.82, 2.24) is 19.6 Å². The van der Waals surface area contributed by atoms with Gasteiger partial charge in [0.25, 0.3) is 0 Å². The van der Waals surface area contributed by atoms with E-state index in [9.17, 15) is 5.11 Å². The molecule has 0 amide bonds. The second-order valence-electron chi connectivity index (χ2n) is 6.96. The van der Waals surface area contributed by atoms with E-state index in [-0.39, 0.29) is 0 Å². The predicted molar refractivity (Wildman–Crippen MR) is 95.8 cm³/mol. The van der Waals surface area contributed by atoms with Gasteiger partial charge in [0.15, 0.2) is 0 Å². The number of aromatic nitrogens is 2. The van der Waals surface area contributed by atoms with E-state index in [2.05, 4.69) is 47.1 Å². The fourth-order valence-electron chi connectivity index (χ4n) is 3.26. The second-order valence-corrected chi connectivity index (χ2v) is 6.96. The molecule has 1 aliphatic rings. The zero-order chi connectivity index (χ0) is 17.1. The first-order chi connectivity index (χ1) is 11.5. The minimum atomic E-state index is -0.408. The number of benzene rings is 1. The van der Waals surface area contributed by atoms with Crippen molar-refractivity contribution in [2.45, 2.75) is 26.5 Å². The molecule has 1 atom stereocenters. The SMILES string of the molecule is Cc1ccc([C@H](O)CN2CCN(Cc3cnn(C)c3)CC2)cc1C. The van der Waals surface area contributed by atoms with Gasteiger partial charge in [0.2, 0.25) is 0 Å². The number of aliphatic hydroxyl groups is 1. The average molecular weight is 328 g/mol. The molecular weight excluding hydrogens is 300 g/mol. The molecule has 2 heterocycles. The van der Waals surface area contributed by atoms with E-state index >= 15 is 0 Å². The van der Waals surface area contributed by atoms with Crippen LogP contribution in [-0.4, -0.2) is 57.4 Å². The monoisotopic (exact) mass is 328 g/mol. The molecule has 24 heavy (non-hydrogen) atoms. The quantitative estimate of drug-likeness (QED) is 0.910. The summed E-state index contributed by atoms with van der Waals surface area (Å²) in [5, 5.41) is 14.8. The molecule has 1 N–H and O–H groups in total. The van der Waals surface area contributed by atoms with Crippen LogP contribution in [0.25, 0.3) is 0 Å². The fraction of sp³-hybridized carbons (Fsp3) is 0.526. The zero-order valence-electron chi connectivity index (χ0n) is 14.9. The van der Waals surface area contributed by atoms with E-state index in [1.165, 1.54) is 16.7 Å². The molecule has 0 aliphatic carbocycles. The van der Waals surface area contributed by atoms with Crippen molar-refractivity contribution in [1.29, 1.82) is 0 Å². The van der Waals surface area contributed by atoms with Crippen LogP contribution in [-0.2, 0) is 13.6 Å². The first-order valence-electron chi connectivity index (χ1n) is 8.69. The van der Waals surface area contributed by atoms with Gasteiger partial charge in [0.05, 0.1) is 12.3 Å². The lowest BCUT2D eigenvalue weighted by atomic mass is 10.0. The maximum atomic E-state index is 10.5. The molecule has 130 valence electrons. The van der Waals surface area contributed by atoms with Crippen molar-refractivity contribution in [3.63, 3.8) is 0 Å². The lowest BCUT2D eigenvalue weighted by Crippen LogP contribution is -2.47. The van der Waals surface area contributed by atoms with Gasteiger partial charge in [-0.3, -0.25) is 14.5 Å². The highest BCUT2D eigenvalue weighted by atomic mass is 16.3. The fourth-order valence-corrected chi connectivity index (χ4v) is 3.26. The summed E-state index contributed by atoms with van der Waals surface area (Å²) in [4.78, 5) is 4.82. The molecule has 5 heteroatoms. The largest absolute Gasteiger partial charge is 0.387 e. The third kappa shape index (κ3) is 4.23. The van der Waals surface area contributed by atoms with Gasteiger partial charge in [-0.15, -0.1) is 0 Å². The Morgan fingerprint density at radius 1 is 1.08 bits per heavy atom. The Morgan fingerprint density at radius 3 is 2.42 bits per heavy atom. The molecule has 1 saturated heterocycles. The first kappa shape index (κ1) is 17.1. The summed E-state index contributed by atoms with van der Waals surface area (Å²) in [6.07, 6.45) is 3.61.